The highest BCUT2D eigenvalue weighted by Crippen LogP contribution is 2.44. The Morgan fingerprint density at radius 3 is 2.00 bits per heavy atom. The third-order valence-electron chi connectivity index (χ3n) is 2.90. The van der Waals surface area contributed by atoms with Crippen LogP contribution in [0.1, 0.15) is 25.7 Å². The number of nitrogens with two attached hydrogens (primary N) is 1. The van der Waals surface area contributed by atoms with Gasteiger partial charge in [0, 0.05) is 6.04 Å². The summed E-state index contributed by atoms with van der Waals surface area (Å²) in [5.41, 5.74) is 5.88. The summed E-state index contributed by atoms with van der Waals surface area (Å²) < 4.78 is 0. The van der Waals surface area contributed by atoms with Crippen LogP contribution in [0.15, 0.2) is 12.2 Å². The van der Waals surface area contributed by atoms with Crippen molar-refractivity contribution < 1.29 is 0 Å². The molecule has 0 aliphatic heterocycles. The zero-order chi connectivity index (χ0) is 6.97. The summed E-state index contributed by atoms with van der Waals surface area (Å²) in [6.45, 7) is 0. The van der Waals surface area contributed by atoms with E-state index in [4.69, 9.17) is 5.73 Å². The second-order valence-electron chi connectivity index (χ2n) is 3.53. The molecule has 0 aromatic carbocycles. The molecule has 2 aliphatic carbocycles. The van der Waals surface area contributed by atoms with Crippen molar-refractivity contribution in [3.63, 3.8) is 0 Å². The van der Waals surface area contributed by atoms with Crippen molar-refractivity contribution in [2.75, 3.05) is 0 Å². The van der Waals surface area contributed by atoms with E-state index in [0.29, 0.717) is 6.04 Å². The number of hydrogen-bond acceptors (Lipinski definition) is 1. The SMILES string of the molecule is NC1C2CCC=CCCC12. The molecule has 0 heterocycles. The van der Waals surface area contributed by atoms with Gasteiger partial charge in [-0.3, -0.25) is 0 Å². The molecule has 2 unspecified atom stereocenters. The maximum Gasteiger partial charge on any atom is 0.0102 e. The van der Waals surface area contributed by atoms with Crippen LogP contribution in [0.25, 0.3) is 0 Å². The van der Waals surface area contributed by atoms with E-state index in [9.17, 15) is 0 Å². The van der Waals surface area contributed by atoms with Gasteiger partial charge in [0.05, 0.1) is 0 Å². The summed E-state index contributed by atoms with van der Waals surface area (Å²) in [4.78, 5) is 0. The molecule has 2 rings (SSSR count). The van der Waals surface area contributed by atoms with Gasteiger partial charge in [0.2, 0.25) is 0 Å². The highest BCUT2D eigenvalue weighted by Gasteiger charge is 2.45. The Morgan fingerprint density at radius 1 is 1.00 bits per heavy atom. The van der Waals surface area contributed by atoms with E-state index in [1.165, 1.54) is 25.7 Å². The van der Waals surface area contributed by atoms with Crippen LogP contribution in [0.3, 0.4) is 0 Å². The highest BCUT2D eigenvalue weighted by atomic mass is 14.8. The van der Waals surface area contributed by atoms with E-state index >= 15 is 0 Å². The maximum absolute atomic E-state index is 5.88. The lowest BCUT2D eigenvalue weighted by Gasteiger charge is -1.98. The summed E-state index contributed by atoms with van der Waals surface area (Å²) in [5, 5.41) is 0. The van der Waals surface area contributed by atoms with Crippen LogP contribution in [0.5, 0.6) is 0 Å². The molecular weight excluding hydrogens is 122 g/mol. The summed E-state index contributed by atoms with van der Waals surface area (Å²) in [5.74, 6) is 1.76. The zero-order valence-corrected chi connectivity index (χ0v) is 6.29. The van der Waals surface area contributed by atoms with Gasteiger partial charge in [-0.05, 0) is 37.5 Å². The van der Waals surface area contributed by atoms with Crippen LogP contribution in [-0.4, -0.2) is 6.04 Å². The summed E-state index contributed by atoms with van der Waals surface area (Å²) in [6, 6.07) is 0.555. The zero-order valence-electron chi connectivity index (χ0n) is 6.29. The molecule has 0 amide bonds. The monoisotopic (exact) mass is 137 g/mol. The first-order chi connectivity index (χ1) is 4.89. The lowest BCUT2D eigenvalue weighted by Crippen LogP contribution is -2.03. The van der Waals surface area contributed by atoms with Gasteiger partial charge >= 0.3 is 0 Å². The lowest BCUT2D eigenvalue weighted by atomic mass is 10.1. The van der Waals surface area contributed by atoms with E-state index in [1.807, 2.05) is 0 Å². The first-order valence-electron chi connectivity index (χ1n) is 4.30. The third-order valence-corrected chi connectivity index (χ3v) is 2.90. The highest BCUT2D eigenvalue weighted by molar-refractivity contribution is 5.04. The largest absolute Gasteiger partial charge is 0.327 e. The quantitative estimate of drug-likeness (QED) is 0.505. The molecule has 2 aliphatic rings. The molecular formula is C9H15N. The number of fused-ring (bicyclic) bond motifs is 1. The molecule has 0 spiro atoms. The van der Waals surface area contributed by atoms with E-state index < -0.39 is 0 Å². The van der Waals surface area contributed by atoms with Gasteiger partial charge in [-0.15, -0.1) is 0 Å². The van der Waals surface area contributed by atoms with Crippen LogP contribution in [0.2, 0.25) is 0 Å². The molecule has 1 fully saturated rings. The Kier molecular flexibility index (Phi) is 1.53. The Bertz CT molecular complexity index is 135. The lowest BCUT2D eigenvalue weighted by molar-refractivity contribution is 0.605. The summed E-state index contributed by atoms with van der Waals surface area (Å²) >= 11 is 0. The molecule has 0 aromatic heterocycles. The van der Waals surface area contributed by atoms with Gasteiger partial charge in [-0.1, -0.05) is 12.2 Å². The van der Waals surface area contributed by atoms with Crippen LogP contribution >= 0.6 is 0 Å². The van der Waals surface area contributed by atoms with Crippen LogP contribution < -0.4 is 5.73 Å². The first kappa shape index (κ1) is 6.41. The van der Waals surface area contributed by atoms with E-state index in [-0.39, 0.29) is 0 Å². The second kappa shape index (κ2) is 2.39. The van der Waals surface area contributed by atoms with Crippen molar-refractivity contribution in [1.82, 2.24) is 0 Å². The van der Waals surface area contributed by atoms with Crippen LogP contribution in [0.4, 0.5) is 0 Å². The second-order valence-corrected chi connectivity index (χ2v) is 3.53. The fourth-order valence-corrected chi connectivity index (χ4v) is 2.10. The first-order valence-corrected chi connectivity index (χ1v) is 4.30. The number of hydrogen-bond donors (Lipinski definition) is 1. The Morgan fingerprint density at radius 2 is 1.50 bits per heavy atom. The smallest absolute Gasteiger partial charge is 0.0102 e. The molecule has 0 saturated heterocycles. The van der Waals surface area contributed by atoms with Gasteiger partial charge in [0.25, 0.3) is 0 Å². The minimum absolute atomic E-state index is 0.555. The van der Waals surface area contributed by atoms with Crippen LogP contribution in [-0.2, 0) is 0 Å². The molecule has 1 nitrogen and oxygen atoms in total. The average Bonchev–Trinajstić information content (AvgIpc) is 2.39. The topological polar surface area (TPSA) is 26.0 Å². The molecule has 10 heavy (non-hydrogen) atoms. The van der Waals surface area contributed by atoms with E-state index in [1.54, 1.807) is 0 Å². The fourth-order valence-electron chi connectivity index (χ4n) is 2.10. The Balaban J connectivity index is 1.94. The van der Waals surface area contributed by atoms with Crippen molar-refractivity contribution in [1.29, 1.82) is 0 Å². The molecule has 2 N–H and O–H groups in total. The Hall–Kier alpha value is -0.300. The minimum Gasteiger partial charge on any atom is -0.327 e. The third kappa shape index (κ3) is 0.988. The molecule has 1 heteroatoms. The normalized spacial score (nSPS) is 45.5. The predicted molar refractivity (Wildman–Crippen MR) is 42.6 cm³/mol. The molecule has 0 aromatic rings. The van der Waals surface area contributed by atoms with Gasteiger partial charge in [-0.2, -0.15) is 0 Å². The van der Waals surface area contributed by atoms with Gasteiger partial charge in [0.1, 0.15) is 0 Å². The molecule has 2 atom stereocenters. The number of rotatable bonds is 0. The average molecular weight is 137 g/mol. The standard InChI is InChI=1S/C9H15N/c10-9-7-5-3-1-2-4-6-8(7)9/h1-2,7-9H,3-6,10H2. The van der Waals surface area contributed by atoms with Gasteiger partial charge in [-0.25, -0.2) is 0 Å². The van der Waals surface area contributed by atoms with Gasteiger partial charge < -0.3 is 5.73 Å². The van der Waals surface area contributed by atoms with E-state index in [2.05, 4.69) is 12.2 Å². The minimum atomic E-state index is 0.555. The predicted octanol–water partition coefficient (Wildman–Crippen LogP) is 1.69. The van der Waals surface area contributed by atoms with E-state index in [0.717, 1.165) is 11.8 Å². The molecule has 1 saturated carbocycles. The fraction of sp³-hybridized carbons (Fsp3) is 0.778. The van der Waals surface area contributed by atoms with Crippen molar-refractivity contribution in [3.05, 3.63) is 12.2 Å². The number of allylic oxidation sites excluding steroid dienone is 2. The molecule has 0 radical (unpaired) electrons. The van der Waals surface area contributed by atoms with Crippen LogP contribution in [0, 0.1) is 11.8 Å². The van der Waals surface area contributed by atoms with Crippen molar-refractivity contribution >= 4 is 0 Å². The van der Waals surface area contributed by atoms with Crippen molar-refractivity contribution in [3.8, 4) is 0 Å². The summed E-state index contributed by atoms with van der Waals surface area (Å²) in [6.07, 6.45) is 9.80. The molecule has 56 valence electrons. The Labute approximate surface area is 62.3 Å². The van der Waals surface area contributed by atoms with Crippen molar-refractivity contribution in [2.24, 2.45) is 17.6 Å². The van der Waals surface area contributed by atoms with Gasteiger partial charge in [0.15, 0.2) is 0 Å². The molecule has 0 bridgehead atoms. The maximum atomic E-state index is 5.88. The van der Waals surface area contributed by atoms with Crippen molar-refractivity contribution in [2.45, 2.75) is 31.7 Å². The summed E-state index contributed by atoms with van der Waals surface area (Å²) in [7, 11) is 0.